The van der Waals surface area contributed by atoms with Crippen LogP contribution in [0.4, 0.5) is 5.69 Å². The van der Waals surface area contributed by atoms with Gasteiger partial charge in [0.1, 0.15) is 23.9 Å². The van der Waals surface area contributed by atoms with Gasteiger partial charge in [-0.15, -0.1) is 0 Å². The standard InChI is InChI=1S/C24H25N3O4/c1-29-20-12-18(13-21(14-20)31-15-16-6-4-3-5-7-16)22(24(28)30-2)27-19-10-8-17(9-11-19)23(25)26/h3-14,22,27H,15H2,1-2H3,(H3,25,26). The zero-order valence-electron chi connectivity index (χ0n) is 17.4. The van der Waals surface area contributed by atoms with Gasteiger partial charge in [0.15, 0.2) is 6.04 Å². The second-order valence-corrected chi connectivity index (χ2v) is 6.81. The first kappa shape index (κ1) is 21.7. The van der Waals surface area contributed by atoms with Crippen molar-refractivity contribution in [3.8, 4) is 11.5 Å². The maximum atomic E-state index is 12.6. The SMILES string of the molecule is COC(=O)C(Nc1ccc(C(=N)N)cc1)c1cc(OC)cc(OCc2ccccc2)c1. The molecule has 0 amide bonds. The lowest BCUT2D eigenvalue weighted by atomic mass is 10.0. The van der Waals surface area contributed by atoms with E-state index in [0.29, 0.717) is 34.9 Å². The number of methoxy groups -OCH3 is 2. The molecule has 1 unspecified atom stereocenters. The number of amidine groups is 1. The Balaban J connectivity index is 1.87. The summed E-state index contributed by atoms with van der Waals surface area (Å²) in [7, 11) is 2.89. The van der Waals surface area contributed by atoms with Crippen molar-refractivity contribution < 1.29 is 19.0 Å². The smallest absolute Gasteiger partial charge is 0.332 e. The highest BCUT2D eigenvalue weighted by molar-refractivity contribution is 5.95. The maximum absolute atomic E-state index is 12.6. The summed E-state index contributed by atoms with van der Waals surface area (Å²) in [6.07, 6.45) is 0. The Morgan fingerprint density at radius 3 is 2.29 bits per heavy atom. The van der Waals surface area contributed by atoms with Crippen LogP contribution < -0.4 is 20.5 Å². The van der Waals surface area contributed by atoms with E-state index >= 15 is 0 Å². The Hall–Kier alpha value is -4.00. The molecular weight excluding hydrogens is 394 g/mol. The van der Waals surface area contributed by atoms with E-state index in [1.807, 2.05) is 30.3 Å². The van der Waals surface area contributed by atoms with Crippen molar-refractivity contribution in [1.82, 2.24) is 0 Å². The highest BCUT2D eigenvalue weighted by Crippen LogP contribution is 2.30. The highest BCUT2D eigenvalue weighted by Gasteiger charge is 2.23. The van der Waals surface area contributed by atoms with Gasteiger partial charge in [-0.25, -0.2) is 4.79 Å². The molecule has 7 heteroatoms. The summed E-state index contributed by atoms with van der Waals surface area (Å²) in [6.45, 7) is 0.385. The normalized spacial score (nSPS) is 11.3. The van der Waals surface area contributed by atoms with Crippen molar-refractivity contribution in [2.24, 2.45) is 5.73 Å². The van der Waals surface area contributed by atoms with Gasteiger partial charge in [-0.3, -0.25) is 5.41 Å². The number of hydrogen-bond donors (Lipinski definition) is 3. The number of rotatable bonds is 9. The van der Waals surface area contributed by atoms with Crippen LogP contribution >= 0.6 is 0 Å². The minimum atomic E-state index is -0.789. The molecule has 0 saturated heterocycles. The predicted octanol–water partition coefficient (Wildman–Crippen LogP) is 3.88. The number of ether oxygens (including phenoxy) is 3. The van der Waals surface area contributed by atoms with Gasteiger partial charge in [-0.05, 0) is 47.5 Å². The second-order valence-electron chi connectivity index (χ2n) is 6.81. The van der Waals surface area contributed by atoms with Crippen LogP contribution in [0.1, 0.15) is 22.7 Å². The topological polar surface area (TPSA) is 107 Å². The average Bonchev–Trinajstić information content (AvgIpc) is 2.81. The predicted molar refractivity (Wildman–Crippen MR) is 120 cm³/mol. The molecule has 1 atom stereocenters. The summed E-state index contributed by atoms with van der Waals surface area (Å²) in [5, 5.41) is 10.7. The fourth-order valence-electron chi connectivity index (χ4n) is 3.01. The molecule has 0 heterocycles. The average molecular weight is 419 g/mol. The molecular formula is C24H25N3O4. The number of nitrogens with two attached hydrogens (primary N) is 1. The molecule has 160 valence electrons. The molecule has 4 N–H and O–H groups in total. The van der Waals surface area contributed by atoms with E-state index in [9.17, 15) is 4.79 Å². The first-order valence-corrected chi connectivity index (χ1v) is 9.64. The van der Waals surface area contributed by atoms with E-state index in [1.165, 1.54) is 7.11 Å². The summed E-state index contributed by atoms with van der Waals surface area (Å²) in [4.78, 5) is 12.6. The van der Waals surface area contributed by atoms with Gasteiger partial charge in [0.2, 0.25) is 0 Å². The minimum absolute atomic E-state index is 0.0240. The third-order valence-corrected chi connectivity index (χ3v) is 4.66. The first-order valence-electron chi connectivity index (χ1n) is 9.64. The van der Waals surface area contributed by atoms with Crippen molar-refractivity contribution in [2.75, 3.05) is 19.5 Å². The van der Waals surface area contributed by atoms with Crippen LogP contribution in [0.25, 0.3) is 0 Å². The Bertz CT molecular complexity index is 1040. The van der Waals surface area contributed by atoms with Crippen molar-refractivity contribution >= 4 is 17.5 Å². The maximum Gasteiger partial charge on any atom is 0.332 e. The van der Waals surface area contributed by atoms with Crippen LogP contribution in [-0.4, -0.2) is 26.0 Å². The van der Waals surface area contributed by atoms with Crippen molar-refractivity contribution in [2.45, 2.75) is 12.6 Å². The first-order chi connectivity index (χ1) is 15.0. The lowest BCUT2D eigenvalue weighted by Crippen LogP contribution is -2.22. The molecule has 3 aromatic rings. The monoisotopic (exact) mass is 419 g/mol. The van der Waals surface area contributed by atoms with E-state index in [1.54, 1.807) is 49.6 Å². The summed E-state index contributed by atoms with van der Waals surface area (Å²) in [5.41, 5.74) is 8.43. The Morgan fingerprint density at radius 2 is 1.68 bits per heavy atom. The molecule has 7 nitrogen and oxygen atoms in total. The summed E-state index contributed by atoms with van der Waals surface area (Å²) in [5.74, 6) is 0.644. The molecule has 3 aromatic carbocycles. The molecule has 0 aliphatic rings. The molecule has 0 aliphatic heterocycles. The van der Waals surface area contributed by atoms with E-state index in [4.69, 9.17) is 25.4 Å². The second kappa shape index (κ2) is 10.2. The van der Waals surface area contributed by atoms with Crippen LogP contribution in [0.5, 0.6) is 11.5 Å². The van der Waals surface area contributed by atoms with Crippen LogP contribution in [0.3, 0.4) is 0 Å². The number of nitrogen functional groups attached to an aromatic ring is 1. The molecule has 0 aromatic heterocycles. The number of benzene rings is 3. The van der Waals surface area contributed by atoms with Gasteiger partial charge in [0, 0.05) is 17.3 Å². The Morgan fingerprint density at radius 1 is 1.00 bits per heavy atom. The van der Waals surface area contributed by atoms with Gasteiger partial charge >= 0.3 is 5.97 Å². The van der Waals surface area contributed by atoms with Crippen LogP contribution in [0.2, 0.25) is 0 Å². The summed E-state index contributed by atoms with van der Waals surface area (Å²) >= 11 is 0. The van der Waals surface area contributed by atoms with Crippen LogP contribution in [0.15, 0.2) is 72.8 Å². The largest absolute Gasteiger partial charge is 0.497 e. The zero-order chi connectivity index (χ0) is 22.2. The lowest BCUT2D eigenvalue weighted by molar-refractivity contribution is -0.141. The number of carbonyl (C=O) groups is 1. The number of carbonyl (C=O) groups excluding carboxylic acids is 1. The van der Waals surface area contributed by atoms with Crippen molar-refractivity contribution in [3.05, 3.63) is 89.5 Å². The van der Waals surface area contributed by atoms with E-state index in [-0.39, 0.29) is 5.84 Å². The van der Waals surface area contributed by atoms with E-state index in [2.05, 4.69) is 5.32 Å². The number of hydrogen-bond acceptors (Lipinski definition) is 6. The quantitative estimate of drug-likeness (QED) is 0.276. The van der Waals surface area contributed by atoms with Gasteiger partial charge < -0.3 is 25.3 Å². The van der Waals surface area contributed by atoms with E-state index in [0.717, 1.165) is 5.56 Å². The minimum Gasteiger partial charge on any atom is -0.497 e. The number of esters is 1. The number of nitrogens with one attached hydrogen (secondary N) is 2. The zero-order valence-corrected chi connectivity index (χ0v) is 17.4. The number of anilines is 1. The van der Waals surface area contributed by atoms with Crippen molar-refractivity contribution in [1.29, 1.82) is 5.41 Å². The van der Waals surface area contributed by atoms with Gasteiger partial charge in [-0.1, -0.05) is 30.3 Å². The lowest BCUT2D eigenvalue weighted by Gasteiger charge is -2.20. The molecule has 3 rings (SSSR count). The van der Waals surface area contributed by atoms with Crippen molar-refractivity contribution in [3.63, 3.8) is 0 Å². The third-order valence-electron chi connectivity index (χ3n) is 4.66. The van der Waals surface area contributed by atoms with Crippen LogP contribution in [-0.2, 0) is 16.1 Å². The molecule has 0 bridgehead atoms. The third kappa shape index (κ3) is 5.76. The molecule has 0 radical (unpaired) electrons. The summed E-state index contributed by atoms with van der Waals surface area (Å²) in [6, 6.07) is 21.2. The summed E-state index contributed by atoms with van der Waals surface area (Å²) < 4.78 is 16.3. The molecule has 0 saturated carbocycles. The molecule has 0 aliphatic carbocycles. The van der Waals surface area contributed by atoms with Crippen LogP contribution in [0, 0.1) is 5.41 Å². The van der Waals surface area contributed by atoms with Gasteiger partial charge in [-0.2, -0.15) is 0 Å². The van der Waals surface area contributed by atoms with Gasteiger partial charge in [0.05, 0.1) is 14.2 Å². The fraction of sp³-hybridized carbons (Fsp3) is 0.167. The molecule has 0 fully saturated rings. The Labute approximate surface area is 181 Å². The van der Waals surface area contributed by atoms with Gasteiger partial charge in [0.25, 0.3) is 0 Å². The van der Waals surface area contributed by atoms with E-state index < -0.39 is 12.0 Å². The Kier molecular flexibility index (Phi) is 7.11. The molecule has 31 heavy (non-hydrogen) atoms. The fourth-order valence-corrected chi connectivity index (χ4v) is 3.01. The molecule has 0 spiro atoms. The highest BCUT2D eigenvalue weighted by atomic mass is 16.5.